The number of amides is 1. The van der Waals surface area contributed by atoms with Crippen LogP contribution in [0.15, 0.2) is 51.1 Å². The molecule has 4 nitrogen and oxygen atoms in total. The lowest BCUT2D eigenvalue weighted by molar-refractivity contribution is 0.102. The maximum Gasteiger partial charge on any atom is 0.275 e. The second-order valence-electron chi connectivity index (χ2n) is 4.13. The standard InChI is InChI=1S/C14H8BrClN2O2S/c15-9-1-2-11(10(16)5-9)17-13(19)12-7-21-14(18-12)8-3-4-20-6-8/h1-7H,(H,17,19). The average molecular weight is 384 g/mol. The molecule has 2 aromatic heterocycles. The second-order valence-corrected chi connectivity index (χ2v) is 6.31. The van der Waals surface area contributed by atoms with E-state index in [1.165, 1.54) is 11.3 Å². The van der Waals surface area contributed by atoms with Crippen LogP contribution >= 0.6 is 38.9 Å². The van der Waals surface area contributed by atoms with Crippen LogP contribution in [0.2, 0.25) is 5.02 Å². The maximum atomic E-state index is 12.2. The first kappa shape index (κ1) is 14.3. The monoisotopic (exact) mass is 382 g/mol. The molecule has 0 atom stereocenters. The van der Waals surface area contributed by atoms with E-state index >= 15 is 0 Å². The van der Waals surface area contributed by atoms with Crippen molar-refractivity contribution in [2.45, 2.75) is 0 Å². The molecule has 7 heteroatoms. The third kappa shape index (κ3) is 3.18. The summed E-state index contributed by atoms with van der Waals surface area (Å²) in [5.74, 6) is -0.301. The summed E-state index contributed by atoms with van der Waals surface area (Å²) in [5.41, 5.74) is 1.73. The number of furan rings is 1. The Morgan fingerprint density at radius 3 is 2.95 bits per heavy atom. The highest BCUT2D eigenvalue weighted by atomic mass is 79.9. The molecule has 3 rings (SSSR count). The van der Waals surface area contributed by atoms with Gasteiger partial charge in [0.15, 0.2) is 0 Å². The largest absolute Gasteiger partial charge is 0.472 e. The van der Waals surface area contributed by atoms with Gasteiger partial charge in [0, 0.05) is 15.4 Å². The first-order chi connectivity index (χ1) is 10.1. The van der Waals surface area contributed by atoms with Gasteiger partial charge in [0.25, 0.3) is 5.91 Å². The highest BCUT2D eigenvalue weighted by molar-refractivity contribution is 9.10. The molecule has 0 aliphatic heterocycles. The van der Waals surface area contributed by atoms with Gasteiger partial charge in [-0.2, -0.15) is 0 Å². The van der Waals surface area contributed by atoms with Crippen molar-refractivity contribution in [2.75, 3.05) is 5.32 Å². The highest BCUT2D eigenvalue weighted by Gasteiger charge is 2.14. The number of hydrogen-bond acceptors (Lipinski definition) is 4. The lowest BCUT2D eigenvalue weighted by Crippen LogP contribution is -2.12. The number of thiazole rings is 1. The van der Waals surface area contributed by atoms with Gasteiger partial charge in [-0.25, -0.2) is 4.98 Å². The number of hydrogen-bond donors (Lipinski definition) is 1. The lowest BCUT2D eigenvalue weighted by atomic mass is 10.3. The van der Waals surface area contributed by atoms with E-state index in [1.807, 2.05) is 0 Å². The smallest absolute Gasteiger partial charge is 0.275 e. The summed E-state index contributed by atoms with van der Waals surface area (Å²) in [6.07, 6.45) is 3.16. The summed E-state index contributed by atoms with van der Waals surface area (Å²) in [6, 6.07) is 7.05. The fraction of sp³-hybridized carbons (Fsp3) is 0. The number of nitrogens with zero attached hydrogens (tertiary/aromatic N) is 1. The Hall–Kier alpha value is -1.63. The van der Waals surface area contributed by atoms with Crippen molar-refractivity contribution in [3.05, 3.63) is 57.4 Å². The number of carbonyl (C=O) groups is 1. The van der Waals surface area contributed by atoms with Crippen molar-refractivity contribution >= 4 is 50.5 Å². The Morgan fingerprint density at radius 1 is 1.38 bits per heavy atom. The molecular formula is C14H8BrClN2O2S. The number of rotatable bonds is 3. The quantitative estimate of drug-likeness (QED) is 0.687. The van der Waals surface area contributed by atoms with E-state index in [0.717, 1.165) is 15.0 Å². The third-order valence-corrected chi connectivity index (χ3v) is 4.38. The molecule has 0 aliphatic rings. The first-order valence-electron chi connectivity index (χ1n) is 5.88. The van der Waals surface area contributed by atoms with Crippen LogP contribution in [0.1, 0.15) is 10.5 Å². The molecule has 21 heavy (non-hydrogen) atoms. The molecule has 2 heterocycles. The van der Waals surface area contributed by atoms with E-state index in [2.05, 4.69) is 26.2 Å². The van der Waals surface area contributed by atoms with Gasteiger partial charge in [-0.3, -0.25) is 4.79 Å². The number of halogens is 2. The SMILES string of the molecule is O=C(Nc1ccc(Br)cc1Cl)c1csc(-c2ccoc2)n1. The zero-order valence-electron chi connectivity index (χ0n) is 10.5. The molecule has 0 unspecified atom stereocenters. The minimum absolute atomic E-state index is 0.301. The van der Waals surface area contributed by atoms with Crippen molar-refractivity contribution in [3.8, 4) is 10.6 Å². The molecule has 3 aromatic rings. The minimum atomic E-state index is -0.301. The van der Waals surface area contributed by atoms with Gasteiger partial charge >= 0.3 is 0 Å². The maximum absolute atomic E-state index is 12.2. The van der Waals surface area contributed by atoms with Gasteiger partial charge in [-0.1, -0.05) is 27.5 Å². The van der Waals surface area contributed by atoms with Crippen LogP contribution in [0.5, 0.6) is 0 Å². The average Bonchev–Trinajstić information content (AvgIpc) is 3.10. The van der Waals surface area contributed by atoms with E-state index in [0.29, 0.717) is 16.4 Å². The van der Waals surface area contributed by atoms with Crippen molar-refractivity contribution in [3.63, 3.8) is 0 Å². The van der Waals surface area contributed by atoms with Crippen molar-refractivity contribution in [1.29, 1.82) is 0 Å². The predicted molar refractivity (Wildman–Crippen MR) is 86.9 cm³/mol. The van der Waals surface area contributed by atoms with E-state index in [1.54, 1.807) is 42.2 Å². The van der Waals surface area contributed by atoms with Gasteiger partial charge in [0.1, 0.15) is 17.0 Å². The molecule has 1 amide bonds. The zero-order valence-corrected chi connectivity index (χ0v) is 13.6. The molecule has 106 valence electrons. The van der Waals surface area contributed by atoms with E-state index < -0.39 is 0 Å². The Labute approximate surface area is 137 Å². The lowest BCUT2D eigenvalue weighted by Gasteiger charge is -2.05. The predicted octanol–water partition coefficient (Wildman–Crippen LogP) is 5.07. The van der Waals surface area contributed by atoms with Gasteiger partial charge in [-0.05, 0) is 24.3 Å². The number of benzene rings is 1. The molecule has 0 radical (unpaired) electrons. The molecule has 0 aliphatic carbocycles. The summed E-state index contributed by atoms with van der Waals surface area (Å²) in [5, 5.41) is 5.63. The van der Waals surface area contributed by atoms with Crippen molar-refractivity contribution in [1.82, 2.24) is 4.98 Å². The van der Waals surface area contributed by atoms with E-state index in [-0.39, 0.29) is 5.91 Å². The number of aromatic nitrogens is 1. The molecule has 1 aromatic carbocycles. The molecular weight excluding hydrogens is 376 g/mol. The summed E-state index contributed by atoms with van der Waals surface area (Å²) in [4.78, 5) is 16.5. The molecule has 0 bridgehead atoms. The van der Waals surface area contributed by atoms with E-state index in [9.17, 15) is 4.79 Å². The number of anilines is 1. The first-order valence-corrected chi connectivity index (χ1v) is 7.93. The third-order valence-electron chi connectivity index (χ3n) is 2.68. The van der Waals surface area contributed by atoms with Crippen molar-refractivity contribution in [2.24, 2.45) is 0 Å². The fourth-order valence-corrected chi connectivity index (χ4v) is 3.18. The van der Waals surface area contributed by atoms with Crippen molar-refractivity contribution < 1.29 is 9.21 Å². The summed E-state index contributed by atoms with van der Waals surface area (Å²) in [6.45, 7) is 0. The van der Waals surface area contributed by atoms with Crippen LogP contribution in [0.3, 0.4) is 0 Å². The van der Waals surface area contributed by atoms with Crippen LogP contribution < -0.4 is 5.32 Å². The summed E-state index contributed by atoms with van der Waals surface area (Å²) >= 11 is 10.8. The van der Waals surface area contributed by atoms with Gasteiger partial charge in [0.2, 0.25) is 0 Å². The highest BCUT2D eigenvalue weighted by Crippen LogP contribution is 2.27. The molecule has 0 fully saturated rings. The summed E-state index contributed by atoms with van der Waals surface area (Å²) < 4.78 is 5.85. The van der Waals surface area contributed by atoms with Crippen LogP contribution in [0, 0.1) is 0 Å². The van der Waals surface area contributed by atoms with Crippen LogP contribution in [-0.4, -0.2) is 10.9 Å². The summed E-state index contributed by atoms with van der Waals surface area (Å²) in [7, 11) is 0. The van der Waals surface area contributed by atoms with E-state index in [4.69, 9.17) is 16.0 Å². The fourth-order valence-electron chi connectivity index (χ4n) is 1.67. The molecule has 0 saturated heterocycles. The molecule has 0 spiro atoms. The molecule has 0 saturated carbocycles. The Morgan fingerprint density at radius 2 is 2.24 bits per heavy atom. The normalized spacial score (nSPS) is 10.6. The van der Waals surface area contributed by atoms with Gasteiger partial charge in [-0.15, -0.1) is 11.3 Å². The van der Waals surface area contributed by atoms with Crippen LogP contribution in [-0.2, 0) is 0 Å². The van der Waals surface area contributed by atoms with Gasteiger partial charge < -0.3 is 9.73 Å². The zero-order chi connectivity index (χ0) is 14.8. The second kappa shape index (κ2) is 6.01. The van der Waals surface area contributed by atoms with Gasteiger partial charge in [0.05, 0.1) is 17.0 Å². The Bertz CT molecular complexity index is 786. The Balaban J connectivity index is 1.79. The van der Waals surface area contributed by atoms with Crippen LogP contribution in [0.4, 0.5) is 5.69 Å². The topological polar surface area (TPSA) is 55.1 Å². The minimum Gasteiger partial charge on any atom is -0.472 e. The number of carbonyl (C=O) groups excluding carboxylic acids is 1. The van der Waals surface area contributed by atoms with Crippen LogP contribution in [0.25, 0.3) is 10.6 Å². The number of nitrogens with one attached hydrogen (secondary N) is 1. The Kier molecular flexibility index (Phi) is 4.10. The molecule has 1 N–H and O–H groups in total.